The molecule has 0 amide bonds. The Morgan fingerprint density at radius 1 is 0.344 bits per heavy atom. The number of ether oxygens (including phenoxy) is 1. The van der Waals surface area contributed by atoms with Crippen molar-refractivity contribution >= 4 is 5.97 Å². The first-order valence-corrected chi connectivity index (χ1v) is 29.0. The van der Waals surface area contributed by atoms with Crippen LogP contribution in [0.1, 0.15) is 348 Å². The summed E-state index contributed by atoms with van der Waals surface area (Å²) in [7, 11) is 0. The van der Waals surface area contributed by atoms with Gasteiger partial charge >= 0.3 is 5.97 Å². The molecule has 2 heteroatoms. The second-order valence-electron chi connectivity index (χ2n) is 20.2. The highest BCUT2D eigenvalue weighted by Gasteiger charge is 2.04. The lowest BCUT2D eigenvalue weighted by Crippen LogP contribution is -2.05. The molecule has 0 aromatic carbocycles. The van der Waals surface area contributed by atoms with Crippen LogP contribution in [0.2, 0.25) is 0 Å². The number of allylic oxidation sites excluding steroid dienone is 2. The third kappa shape index (κ3) is 55.3. The first-order valence-electron chi connectivity index (χ1n) is 29.0. The topological polar surface area (TPSA) is 26.3 Å². The SMILES string of the molecule is CCCCCCC=CCCCCCCCCCCCC(=O)OCCCCCCCCCCCCCCCCCCCCCCCCCCCCCCCCCCCC(C)CC. The summed E-state index contributed by atoms with van der Waals surface area (Å²) >= 11 is 0. The van der Waals surface area contributed by atoms with E-state index >= 15 is 0 Å². The Morgan fingerprint density at radius 2 is 0.607 bits per heavy atom. The summed E-state index contributed by atoms with van der Waals surface area (Å²) in [5.41, 5.74) is 0. The fourth-order valence-corrected chi connectivity index (χ4v) is 9.23. The summed E-state index contributed by atoms with van der Waals surface area (Å²) in [5, 5.41) is 0. The summed E-state index contributed by atoms with van der Waals surface area (Å²) in [6, 6.07) is 0. The van der Waals surface area contributed by atoms with Gasteiger partial charge in [0.2, 0.25) is 0 Å². The summed E-state index contributed by atoms with van der Waals surface area (Å²) in [4.78, 5) is 12.1. The number of unbranched alkanes of at least 4 members (excludes halogenated alkanes) is 45. The van der Waals surface area contributed by atoms with E-state index in [1.165, 1.54) is 308 Å². The largest absolute Gasteiger partial charge is 0.466 e. The van der Waals surface area contributed by atoms with E-state index in [0.717, 1.165) is 18.8 Å². The Kier molecular flexibility index (Phi) is 54.6. The molecule has 0 bridgehead atoms. The maximum atomic E-state index is 12.1. The standard InChI is InChI=1S/C59H116O2/c1-4-6-7-8-9-10-11-12-13-31-35-38-41-44-47-50-53-56-59(60)61-57-54-51-48-45-42-39-36-33-30-28-26-24-22-20-18-16-14-15-17-19-21-23-25-27-29-32-34-37-40-43-46-49-52-55-58(3)5-2/h10-11,58H,4-9,12-57H2,1-3H3. The van der Waals surface area contributed by atoms with Gasteiger partial charge in [0, 0.05) is 6.42 Å². The Bertz CT molecular complexity index is 818. The van der Waals surface area contributed by atoms with Crippen LogP contribution in [0.3, 0.4) is 0 Å². The molecule has 0 spiro atoms. The second-order valence-corrected chi connectivity index (χ2v) is 20.2. The zero-order valence-electron chi connectivity index (χ0n) is 42.8. The van der Waals surface area contributed by atoms with Crippen molar-refractivity contribution in [1.82, 2.24) is 0 Å². The average Bonchev–Trinajstić information content (AvgIpc) is 3.27. The van der Waals surface area contributed by atoms with Crippen molar-refractivity contribution in [3.63, 3.8) is 0 Å². The molecule has 0 aliphatic rings. The van der Waals surface area contributed by atoms with E-state index in [1.54, 1.807) is 0 Å². The van der Waals surface area contributed by atoms with Gasteiger partial charge in [-0.1, -0.05) is 315 Å². The third-order valence-electron chi connectivity index (χ3n) is 13.9. The minimum absolute atomic E-state index is 0.0289. The molecule has 0 fully saturated rings. The van der Waals surface area contributed by atoms with Crippen molar-refractivity contribution in [3.8, 4) is 0 Å². The quantitative estimate of drug-likeness (QED) is 0.0346. The van der Waals surface area contributed by atoms with Gasteiger partial charge in [-0.25, -0.2) is 0 Å². The minimum atomic E-state index is 0.0289. The van der Waals surface area contributed by atoms with Crippen LogP contribution in [0, 0.1) is 5.92 Å². The highest BCUT2D eigenvalue weighted by molar-refractivity contribution is 5.69. The predicted octanol–water partition coefficient (Wildman–Crippen LogP) is 21.7. The number of rotatable bonds is 54. The predicted molar refractivity (Wildman–Crippen MR) is 276 cm³/mol. The zero-order chi connectivity index (χ0) is 44.0. The normalized spacial score (nSPS) is 12.2. The number of esters is 1. The Balaban J connectivity index is 3.15. The van der Waals surface area contributed by atoms with Crippen molar-refractivity contribution in [2.24, 2.45) is 5.92 Å². The molecule has 0 aliphatic heterocycles. The lowest BCUT2D eigenvalue weighted by molar-refractivity contribution is -0.143. The molecule has 364 valence electrons. The van der Waals surface area contributed by atoms with E-state index in [2.05, 4.69) is 32.9 Å². The van der Waals surface area contributed by atoms with Gasteiger partial charge in [-0.15, -0.1) is 0 Å². The first-order chi connectivity index (χ1) is 30.2. The van der Waals surface area contributed by atoms with E-state index in [-0.39, 0.29) is 5.97 Å². The van der Waals surface area contributed by atoms with Crippen molar-refractivity contribution in [2.45, 2.75) is 348 Å². The van der Waals surface area contributed by atoms with Gasteiger partial charge in [-0.3, -0.25) is 4.79 Å². The molecule has 61 heavy (non-hydrogen) atoms. The highest BCUT2D eigenvalue weighted by Crippen LogP contribution is 2.19. The van der Waals surface area contributed by atoms with Gasteiger partial charge in [-0.05, 0) is 44.4 Å². The molecular formula is C59H116O2. The van der Waals surface area contributed by atoms with Crippen molar-refractivity contribution in [1.29, 1.82) is 0 Å². The van der Waals surface area contributed by atoms with Crippen LogP contribution in [-0.4, -0.2) is 12.6 Å². The van der Waals surface area contributed by atoms with Gasteiger partial charge in [0.1, 0.15) is 0 Å². The molecule has 0 saturated heterocycles. The van der Waals surface area contributed by atoms with Gasteiger partial charge in [0.15, 0.2) is 0 Å². The van der Waals surface area contributed by atoms with Crippen molar-refractivity contribution < 1.29 is 9.53 Å². The van der Waals surface area contributed by atoms with Gasteiger partial charge in [0.05, 0.1) is 6.61 Å². The van der Waals surface area contributed by atoms with Crippen molar-refractivity contribution in [2.75, 3.05) is 6.61 Å². The fraction of sp³-hybridized carbons (Fsp3) is 0.949. The highest BCUT2D eigenvalue weighted by atomic mass is 16.5. The summed E-state index contributed by atoms with van der Waals surface area (Å²) in [6.07, 6.45) is 75.3. The molecule has 0 aromatic heterocycles. The lowest BCUT2D eigenvalue weighted by atomic mass is 9.99. The molecule has 0 rings (SSSR count). The molecule has 0 aliphatic carbocycles. The maximum Gasteiger partial charge on any atom is 0.305 e. The molecule has 1 atom stereocenters. The molecule has 0 aromatic rings. The molecular weight excluding hydrogens is 741 g/mol. The van der Waals surface area contributed by atoms with Crippen molar-refractivity contribution in [3.05, 3.63) is 12.2 Å². The van der Waals surface area contributed by atoms with Crippen LogP contribution in [0.4, 0.5) is 0 Å². The van der Waals surface area contributed by atoms with Crippen LogP contribution in [0.25, 0.3) is 0 Å². The lowest BCUT2D eigenvalue weighted by Gasteiger charge is -2.07. The Morgan fingerprint density at radius 3 is 0.918 bits per heavy atom. The van der Waals surface area contributed by atoms with Gasteiger partial charge < -0.3 is 4.74 Å². The van der Waals surface area contributed by atoms with E-state index in [1.807, 2.05) is 0 Å². The van der Waals surface area contributed by atoms with E-state index in [9.17, 15) is 4.79 Å². The smallest absolute Gasteiger partial charge is 0.305 e. The molecule has 1 unspecified atom stereocenters. The summed E-state index contributed by atoms with van der Waals surface area (Å²) in [6.45, 7) is 7.65. The van der Waals surface area contributed by atoms with Crippen LogP contribution < -0.4 is 0 Å². The van der Waals surface area contributed by atoms with E-state index < -0.39 is 0 Å². The first kappa shape index (κ1) is 60.2. The van der Waals surface area contributed by atoms with E-state index in [4.69, 9.17) is 4.74 Å². The molecule has 0 N–H and O–H groups in total. The van der Waals surface area contributed by atoms with Crippen LogP contribution in [0.15, 0.2) is 12.2 Å². The van der Waals surface area contributed by atoms with Crippen LogP contribution in [-0.2, 0) is 9.53 Å². The molecule has 0 radical (unpaired) electrons. The molecule has 2 nitrogen and oxygen atoms in total. The monoisotopic (exact) mass is 857 g/mol. The number of hydrogen-bond acceptors (Lipinski definition) is 2. The summed E-state index contributed by atoms with van der Waals surface area (Å²) in [5.74, 6) is 0.969. The Labute approximate surface area is 386 Å². The number of carbonyl (C=O) groups excluding carboxylic acids is 1. The van der Waals surface area contributed by atoms with Gasteiger partial charge in [0.25, 0.3) is 0 Å². The zero-order valence-corrected chi connectivity index (χ0v) is 42.8. The Hall–Kier alpha value is -0.790. The van der Waals surface area contributed by atoms with Gasteiger partial charge in [-0.2, -0.15) is 0 Å². The molecule has 0 heterocycles. The molecule has 0 saturated carbocycles. The summed E-state index contributed by atoms with van der Waals surface area (Å²) < 4.78 is 5.50. The van der Waals surface area contributed by atoms with E-state index in [0.29, 0.717) is 13.0 Å². The minimum Gasteiger partial charge on any atom is -0.466 e. The van der Waals surface area contributed by atoms with Crippen LogP contribution in [0.5, 0.6) is 0 Å². The van der Waals surface area contributed by atoms with Crippen LogP contribution >= 0.6 is 0 Å². The third-order valence-corrected chi connectivity index (χ3v) is 13.9. The number of hydrogen-bond donors (Lipinski definition) is 0. The maximum absolute atomic E-state index is 12.1. The second kappa shape index (κ2) is 55.3. The fourth-order valence-electron chi connectivity index (χ4n) is 9.23. The average molecular weight is 858 g/mol. The number of carbonyl (C=O) groups is 1.